The quantitative estimate of drug-likeness (QED) is 0.853. The van der Waals surface area contributed by atoms with Crippen molar-refractivity contribution in [3.05, 3.63) is 16.0 Å². The minimum Gasteiger partial charge on any atom is -0.390 e. The average Bonchev–Trinajstić information content (AvgIpc) is 2.64. The number of nitrogen functional groups attached to an aromatic ring is 1. The van der Waals surface area contributed by atoms with Gasteiger partial charge in [0.1, 0.15) is 0 Å². The number of methoxy groups -OCH3 is 1. The number of anilines is 1. The summed E-state index contributed by atoms with van der Waals surface area (Å²) in [7, 11) is 1.59. The number of rotatable bonds is 3. The highest BCUT2D eigenvalue weighted by Gasteiger charge is 2.38. The topological polar surface area (TPSA) is 102 Å². The molecule has 0 saturated carbocycles. The van der Waals surface area contributed by atoms with Crippen LogP contribution in [0.2, 0.25) is 0 Å². The number of thiophene rings is 1. The Morgan fingerprint density at radius 3 is 2.94 bits per heavy atom. The summed E-state index contributed by atoms with van der Waals surface area (Å²) in [6.07, 6.45) is 1.90. The van der Waals surface area contributed by atoms with Crippen molar-refractivity contribution in [2.75, 3.05) is 19.5 Å². The highest BCUT2D eigenvalue weighted by molar-refractivity contribution is 7.16. The van der Waals surface area contributed by atoms with Crippen molar-refractivity contribution in [2.45, 2.75) is 19.3 Å². The number of ether oxygens (including phenoxy) is 1. The molecule has 0 aliphatic heterocycles. The third-order valence-electron chi connectivity index (χ3n) is 3.37. The van der Waals surface area contributed by atoms with E-state index in [1.807, 2.05) is 0 Å². The van der Waals surface area contributed by atoms with Crippen molar-refractivity contribution < 1.29 is 9.53 Å². The Bertz CT molecular complexity index is 532. The summed E-state index contributed by atoms with van der Waals surface area (Å²) in [5.41, 5.74) is 12.0. The molecule has 0 radical (unpaired) electrons. The molecular weight excluding hydrogens is 250 g/mol. The predicted octanol–water partition coefficient (Wildman–Crippen LogP) is 1.07. The standard InChI is InChI=1S/C12H15N3O2S/c1-17-6-12(5-13)3-2-7-8(4-12)18-11(15)9(7)10(14)16/h2-4,6,15H2,1H3,(H2,14,16). The van der Waals surface area contributed by atoms with Crippen LogP contribution in [0.25, 0.3) is 0 Å². The molecule has 1 unspecified atom stereocenters. The fourth-order valence-electron chi connectivity index (χ4n) is 2.50. The molecular formula is C12H15N3O2S. The van der Waals surface area contributed by atoms with Gasteiger partial charge in [-0.1, -0.05) is 0 Å². The largest absolute Gasteiger partial charge is 0.390 e. The van der Waals surface area contributed by atoms with Crippen molar-refractivity contribution in [3.63, 3.8) is 0 Å². The maximum atomic E-state index is 11.4. The second-order valence-corrected chi connectivity index (χ2v) is 5.75. The lowest BCUT2D eigenvalue weighted by Gasteiger charge is -2.29. The molecule has 1 heterocycles. The molecule has 18 heavy (non-hydrogen) atoms. The second-order valence-electron chi connectivity index (χ2n) is 4.61. The third-order valence-corrected chi connectivity index (χ3v) is 4.44. The lowest BCUT2D eigenvalue weighted by molar-refractivity contribution is 0.0994. The normalized spacial score (nSPS) is 22.2. The van der Waals surface area contributed by atoms with E-state index in [1.54, 1.807) is 7.11 Å². The molecule has 5 nitrogen and oxygen atoms in total. The van der Waals surface area contributed by atoms with E-state index < -0.39 is 11.3 Å². The third kappa shape index (κ3) is 1.96. The minimum absolute atomic E-state index is 0.395. The molecule has 1 aromatic rings. The van der Waals surface area contributed by atoms with Crippen LogP contribution in [0.1, 0.15) is 27.2 Å². The van der Waals surface area contributed by atoms with Gasteiger partial charge in [-0.15, -0.1) is 11.3 Å². The molecule has 96 valence electrons. The average molecular weight is 265 g/mol. The molecule has 1 aromatic heterocycles. The zero-order chi connectivity index (χ0) is 13.3. The van der Waals surface area contributed by atoms with Crippen LogP contribution in [-0.4, -0.2) is 19.6 Å². The molecule has 1 aliphatic rings. The Balaban J connectivity index is 2.40. The van der Waals surface area contributed by atoms with E-state index in [4.69, 9.17) is 16.2 Å². The first-order valence-corrected chi connectivity index (χ1v) is 6.44. The Morgan fingerprint density at radius 1 is 1.67 bits per heavy atom. The van der Waals surface area contributed by atoms with Gasteiger partial charge in [-0.05, 0) is 18.4 Å². The van der Waals surface area contributed by atoms with E-state index in [9.17, 15) is 10.1 Å². The van der Waals surface area contributed by atoms with Gasteiger partial charge < -0.3 is 16.2 Å². The molecule has 0 fully saturated rings. The first-order chi connectivity index (χ1) is 8.53. The van der Waals surface area contributed by atoms with Gasteiger partial charge in [-0.3, -0.25) is 4.79 Å². The summed E-state index contributed by atoms with van der Waals surface area (Å²) in [5.74, 6) is -0.485. The van der Waals surface area contributed by atoms with E-state index in [-0.39, 0.29) is 0 Å². The van der Waals surface area contributed by atoms with Crippen LogP contribution >= 0.6 is 11.3 Å². The SMILES string of the molecule is COCC1(C#N)CCc2c(sc(N)c2C(N)=O)C1. The van der Waals surface area contributed by atoms with Gasteiger partial charge in [0.05, 0.1) is 28.7 Å². The summed E-state index contributed by atoms with van der Waals surface area (Å²) in [5, 5.41) is 9.79. The second kappa shape index (κ2) is 4.59. The van der Waals surface area contributed by atoms with E-state index in [1.165, 1.54) is 11.3 Å². The first kappa shape index (κ1) is 12.9. The van der Waals surface area contributed by atoms with Crippen molar-refractivity contribution >= 4 is 22.2 Å². The number of hydrogen-bond acceptors (Lipinski definition) is 5. The van der Waals surface area contributed by atoms with Crippen LogP contribution in [0, 0.1) is 16.7 Å². The van der Waals surface area contributed by atoms with Gasteiger partial charge >= 0.3 is 0 Å². The molecule has 4 N–H and O–H groups in total. The number of fused-ring (bicyclic) bond motifs is 1. The Kier molecular flexibility index (Phi) is 3.28. The van der Waals surface area contributed by atoms with Gasteiger partial charge in [0.2, 0.25) is 0 Å². The van der Waals surface area contributed by atoms with Crippen molar-refractivity contribution in [1.29, 1.82) is 5.26 Å². The molecule has 2 rings (SSSR count). The van der Waals surface area contributed by atoms with Crippen LogP contribution in [-0.2, 0) is 17.6 Å². The minimum atomic E-state index is -0.506. The Labute approximate surface area is 109 Å². The number of nitrogens with two attached hydrogens (primary N) is 2. The van der Waals surface area contributed by atoms with Crippen molar-refractivity contribution in [3.8, 4) is 6.07 Å². The van der Waals surface area contributed by atoms with Crippen LogP contribution in [0.15, 0.2) is 0 Å². The summed E-state index contributed by atoms with van der Waals surface area (Å²) in [6, 6.07) is 2.34. The predicted molar refractivity (Wildman–Crippen MR) is 69.2 cm³/mol. The number of carbonyl (C=O) groups excluding carboxylic acids is 1. The van der Waals surface area contributed by atoms with E-state index in [0.717, 1.165) is 10.4 Å². The first-order valence-electron chi connectivity index (χ1n) is 5.63. The number of primary amides is 1. The van der Waals surface area contributed by atoms with E-state index >= 15 is 0 Å². The molecule has 0 saturated heterocycles. The fourth-order valence-corrected chi connectivity index (χ4v) is 3.77. The molecule has 0 bridgehead atoms. The lowest BCUT2D eigenvalue weighted by atomic mass is 9.75. The highest BCUT2D eigenvalue weighted by atomic mass is 32.1. The number of amides is 1. The van der Waals surface area contributed by atoms with Crippen LogP contribution < -0.4 is 11.5 Å². The number of nitriles is 1. The van der Waals surface area contributed by atoms with Gasteiger partial charge in [0.15, 0.2) is 0 Å². The smallest absolute Gasteiger partial charge is 0.251 e. The van der Waals surface area contributed by atoms with Gasteiger partial charge in [-0.2, -0.15) is 5.26 Å². The van der Waals surface area contributed by atoms with Gasteiger partial charge in [-0.25, -0.2) is 0 Å². The van der Waals surface area contributed by atoms with E-state index in [0.29, 0.717) is 36.4 Å². The summed E-state index contributed by atoms with van der Waals surface area (Å²) in [6.45, 7) is 0.395. The highest BCUT2D eigenvalue weighted by Crippen LogP contribution is 2.42. The van der Waals surface area contributed by atoms with Gasteiger partial charge in [0.25, 0.3) is 5.91 Å². The Hall–Kier alpha value is -1.58. The lowest BCUT2D eigenvalue weighted by Crippen LogP contribution is -2.32. The van der Waals surface area contributed by atoms with Crippen LogP contribution in [0.4, 0.5) is 5.00 Å². The summed E-state index contributed by atoms with van der Waals surface area (Å²) < 4.78 is 5.13. The zero-order valence-electron chi connectivity index (χ0n) is 10.2. The molecule has 0 aromatic carbocycles. The van der Waals surface area contributed by atoms with Crippen LogP contribution in [0.5, 0.6) is 0 Å². The van der Waals surface area contributed by atoms with Gasteiger partial charge in [0, 0.05) is 18.4 Å². The number of nitrogens with zero attached hydrogens (tertiary/aromatic N) is 1. The number of hydrogen-bond donors (Lipinski definition) is 2. The molecule has 1 aliphatic carbocycles. The van der Waals surface area contributed by atoms with Crippen molar-refractivity contribution in [2.24, 2.45) is 11.1 Å². The molecule has 0 spiro atoms. The van der Waals surface area contributed by atoms with E-state index in [2.05, 4.69) is 6.07 Å². The monoisotopic (exact) mass is 265 g/mol. The van der Waals surface area contributed by atoms with Crippen LogP contribution in [0.3, 0.4) is 0 Å². The van der Waals surface area contributed by atoms with Crippen molar-refractivity contribution in [1.82, 2.24) is 0 Å². The zero-order valence-corrected chi connectivity index (χ0v) is 11.0. The maximum Gasteiger partial charge on any atom is 0.251 e. The maximum absolute atomic E-state index is 11.4. The molecule has 1 atom stereocenters. The molecule has 6 heteroatoms. The molecule has 1 amide bonds. The Morgan fingerprint density at radius 2 is 2.39 bits per heavy atom. The fraction of sp³-hybridized carbons (Fsp3) is 0.500. The summed E-state index contributed by atoms with van der Waals surface area (Å²) >= 11 is 1.36. The number of carbonyl (C=O) groups is 1. The summed E-state index contributed by atoms with van der Waals surface area (Å²) in [4.78, 5) is 12.4.